The minimum atomic E-state index is -4.68. The average Bonchev–Trinajstić information content (AvgIpc) is 2.58. The van der Waals surface area contributed by atoms with Gasteiger partial charge in [0.05, 0.1) is 12.1 Å². The molecule has 2 amide bonds. The lowest BCUT2D eigenvalue weighted by Gasteiger charge is -2.16. The van der Waals surface area contributed by atoms with E-state index in [1.165, 1.54) is 31.2 Å². The summed E-state index contributed by atoms with van der Waals surface area (Å²) < 4.78 is 53.1. The van der Waals surface area contributed by atoms with E-state index in [-0.39, 0.29) is 23.5 Å². The summed E-state index contributed by atoms with van der Waals surface area (Å²) >= 11 is 0. The van der Waals surface area contributed by atoms with E-state index in [4.69, 9.17) is 0 Å². The maximum absolute atomic E-state index is 13.5. The van der Waals surface area contributed by atoms with E-state index < -0.39 is 35.9 Å². The molecule has 0 spiro atoms. The molecule has 5 nitrogen and oxygen atoms in total. The van der Waals surface area contributed by atoms with E-state index in [0.717, 1.165) is 12.1 Å². The van der Waals surface area contributed by atoms with Crippen LogP contribution in [0.1, 0.15) is 18.1 Å². The van der Waals surface area contributed by atoms with E-state index in [0.29, 0.717) is 0 Å². The lowest BCUT2D eigenvalue weighted by Crippen LogP contribution is -2.30. The van der Waals surface area contributed by atoms with Crippen molar-refractivity contribution < 1.29 is 27.2 Å². The Kier molecular flexibility index (Phi) is 6.38. The highest BCUT2D eigenvalue weighted by Gasteiger charge is 2.34. The normalized spacial score (nSPS) is 11.0. The third kappa shape index (κ3) is 5.98. The maximum atomic E-state index is 13.5. The van der Waals surface area contributed by atoms with E-state index in [1.54, 1.807) is 6.07 Å². The zero-order chi connectivity index (χ0) is 20.0. The lowest BCUT2D eigenvalue weighted by atomic mass is 10.1. The smallest absolute Gasteiger partial charge is 0.376 e. The average molecular weight is 383 g/mol. The van der Waals surface area contributed by atoms with Gasteiger partial charge in [0.1, 0.15) is 5.82 Å². The minimum absolute atomic E-state index is 0.00983. The Balaban J connectivity index is 2.02. The highest BCUT2D eigenvalue weighted by molar-refractivity contribution is 5.89. The Labute approximate surface area is 152 Å². The molecule has 2 aromatic rings. The van der Waals surface area contributed by atoms with Gasteiger partial charge in [-0.15, -0.1) is 0 Å². The number of rotatable bonds is 6. The molecular formula is C18H17F4N3O2. The Morgan fingerprint density at radius 2 is 1.78 bits per heavy atom. The van der Waals surface area contributed by atoms with Crippen LogP contribution in [0.3, 0.4) is 0 Å². The highest BCUT2D eigenvalue weighted by Crippen LogP contribution is 2.36. The number of amides is 2. The van der Waals surface area contributed by atoms with Crippen molar-refractivity contribution in [1.82, 2.24) is 5.32 Å². The number of alkyl halides is 3. The molecule has 0 aliphatic carbocycles. The van der Waals surface area contributed by atoms with Gasteiger partial charge >= 0.3 is 6.18 Å². The Bertz CT molecular complexity index is 838. The summed E-state index contributed by atoms with van der Waals surface area (Å²) in [5.74, 6) is -1.59. The molecule has 0 aliphatic rings. The first-order valence-corrected chi connectivity index (χ1v) is 7.89. The van der Waals surface area contributed by atoms with Crippen LogP contribution in [0.25, 0.3) is 0 Å². The zero-order valence-corrected chi connectivity index (χ0v) is 14.3. The van der Waals surface area contributed by atoms with Crippen LogP contribution in [0.4, 0.5) is 28.9 Å². The summed E-state index contributed by atoms with van der Waals surface area (Å²) in [6, 6.07) is 9.04. The van der Waals surface area contributed by atoms with Gasteiger partial charge in [-0.05, 0) is 24.3 Å². The number of anilines is 2. The van der Waals surface area contributed by atoms with Crippen LogP contribution in [0.2, 0.25) is 0 Å². The summed E-state index contributed by atoms with van der Waals surface area (Å²) in [5.41, 5.74) is -1.07. The van der Waals surface area contributed by atoms with Gasteiger partial charge in [-0.25, -0.2) is 4.39 Å². The summed E-state index contributed by atoms with van der Waals surface area (Å²) in [5, 5.41) is 7.11. The van der Waals surface area contributed by atoms with Crippen LogP contribution < -0.4 is 16.0 Å². The molecule has 0 radical (unpaired) electrons. The van der Waals surface area contributed by atoms with Gasteiger partial charge in [-0.2, -0.15) is 13.2 Å². The second-order valence-corrected chi connectivity index (χ2v) is 5.66. The van der Waals surface area contributed by atoms with Crippen molar-refractivity contribution in [3.05, 3.63) is 59.4 Å². The first kappa shape index (κ1) is 20.2. The number of halogens is 4. The van der Waals surface area contributed by atoms with Crippen molar-refractivity contribution in [2.75, 3.05) is 17.2 Å². The standard InChI is InChI=1S/C18H17F4N3O2/c1-11(26)25-13-6-7-16(14(8-13)18(20,21)22)23-10-17(27)24-9-12-4-2-3-5-15(12)19/h2-8,23H,9-10H2,1H3,(H,24,27)(H,25,26). The summed E-state index contributed by atoms with van der Waals surface area (Å²) in [6.45, 7) is 0.664. The molecule has 144 valence electrons. The fourth-order valence-electron chi connectivity index (χ4n) is 2.29. The number of hydrogen-bond donors (Lipinski definition) is 3. The van der Waals surface area contributed by atoms with Crippen LogP contribution in [0.15, 0.2) is 42.5 Å². The molecule has 0 unspecified atom stereocenters. The molecular weight excluding hydrogens is 366 g/mol. The molecule has 27 heavy (non-hydrogen) atoms. The van der Waals surface area contributed by atoms with Crippen molar-refractivity contribution in [1.29, 1.82) is 0 Å². The molecule has 0 bridgehead atoms. The lowest BCUT2D eigenvalue weighted by molar-refractivity contribution is -0.137. The minimum Gasteiger partial charge on any atom is -0.376 e. The molecule has 0 fully saturated rings. The van der Waals surface area contributed by atoms with Gasteiger partial charge in [0, 0.05) is 30.4 Å². The monoisotopic (exact) mass is 383 g/mol. The first-order chi connectivity index (χ1) is 12.7. The van der Waals surface area contributed by atoms with Crippen molar-refractivity contribution in [2.45, 2.75) is 19.6 Å². The number of hydrogen-bond acceptors (Lipinski definition) is 3. The van der Waals surface area contributed by atoms with Gasteiger partial charge in [0.25, 0.3) is 0 Å². The maximum Gasteiger partial charge on any atom is 0.418 e. The van der Waals surface area contributed by atoms with Gasteiger partial charge in [0.15, 0.2) is 0 Å². The molecule has 2 rings (SSSR count). The Morgan fingerprint density at radius 3 is 2.41 bits per heavy atom. The first-order valence-electron chi connectivity index (χ1n) is 7.89. The Morgan fingerprint density at radius 1 is 1.07 bits per heavy atom. The number of benzene rings is 2. The third-order valence-corrected chi connectivity index (χ3v) is 3.52. The topological polar surface area (TPSA) is 70.2 Å². The van der Waals surface area contributed by atoms with Crippen molar-refractivity contribution in [3.63, 3.8) is 0 Å². The molecule has 9 heteroatoms. The second kappa shape index (κ2) is 8.52. The van der Waals surface area contributed by atoms with E-state index >= 15 is 0 Å². The van der Waals surface area contributed by atoms with E-state index in [2.05, 4.69) is 16.0 Å². The molecule has 0 saturated carbocycles. The van der Waals surface area contributed by atoms with Crippen molar-refractivity contribution >= 4 is 23.2 Å². The van der Waals surface area contributed by atoms with Crippen molar-refractivity contribution in [2.24, 2.45) is 0 Å². The number of carbonyl (C=O) groups excluding carboxylic acids is 2. The van der Waals surface area contributed by atoms with Crippen LogP contribution in [-0.4, -0.2) is 18.4 Å². The Hall–Kier alpha value is -3.10. The molecule has 0 aromatic heterocycles. The summed E-state index contributed by atoms with van der Waals surface area (Å²) in [7, 11) is 0. The molecule has 2 aromatic carbocycles. The summed E-state index contributed by atoms with van der Waals surface area (Å²) in [4.78, 5) is 22.8. The zero-order valence-electron chi connectivity index (χ0n) is 14.3. The quantitative estimate of drug-likeness (QED) is 0.669. The van der Waals surface area contributed by atoms with Crippen molar-refractivity contribution in [3.8, 4) is 0 Å². The van der Waals surface area contributed by atoms with E-state index in [9.17, 15) is 27.2 Å². The molecule has 0 aliphatic heterocycles. The molecule has 0 heterocycles. The van der Waals surface area contributed by atoms with Crippen LogP contribution in [0.5, 0.6) is 0 Å². The van der Waals surface area contributed by atoms with Gasteiger partial charge in [-0.3, -0.25) is 9.59 Å². The SMILES string of the molecule is CC(=O)Nc1ccc(NCC(=O)NCc2ccccc2F)c(C(F)(F)F)c1. The predicted octanol–water partition coefficient (Wildman–Crippen LogP) is 3.53. The third-order valence-electron chi connectivity index (χ3n) is 3.52. The van der Waals surface area contributed by atoms with E-state index in [1.807, 2.05) is 0 Å². The van der Waals surface area contributed by atoms with Crippen LogP contribution >= 0.6 is 0 Å². The van der Waals surface area contributed by atoms with Crippen LogP contribution in [0, 0.1) is 5.82 Å². The molecule has 3 N–H and O–H groups in total. The summed E-state index contributed by atoms with van der Waals surface area (Å²) in [6.07, 6.45) is -4.68. The molecule has 0 saturated heterocycles. The molecule has 0 atom stereocenters. The highest BCUT2D eigenvalue weighted by atomic mass is 19.4. The predicted molar refractivity (Wildman–Crippen MR) is 92.5 cm³/mol. The number of nitrogens with one attached hydrogen (secondary N) is 3. The van der Waals surface area contributed by atoms with Gasteiger partial charge in [-0.1, -0.05) is 18.2 Å². The second-order valence-electron chi connectivity index (χ2n) is 5.66. The van der Waals surface area contributed by atoms with Gasteiger partial charge in [0.2, 0.25) is 11.8 Å². The number of carbonyl (C=O) groups is 2. The largest absolute Gasteiger partial charge is 0.418 e. The van der Waals surface area contributed by atoms with Gasteiger partial charge < -0.3 is 16.0 Å². The van der Waals surface area contributed by atoms with Crippen LogP contribution in [-0.2, 0) is 22.3 Å². The fraction of sp³-hybridized carbons (Fsp3) is 0.222. The fourth-order valence-corrected chi connectivity index (χ4v) is 2.29.